The lowest BCUT2D eigenvalue weighted by Gasteiger charge is -2.27. The van der Waals surface area contributed by atoms with Crippen molar-refractivity contribution in [3.8, 4) is 0 Å². The average molecular weight is 365 g/mol. The molecule has 4 unspecified atom stereocenters. The fourth-order valence-corrected chi connectivity index (χ4v) is 2.33. The van der Waals surface area contributed by atoms with E-state index in [9.17, 15) is 14.4 Å². The van der Waals surface area contributed by atoms with Crippen LogP contribution in [0.5, 0.6) is 0 Å². The maximum absolute atomic E-state index is 12.3. The van der Waals surface area contributed by atoms with Crippen molar-refractivity contribution in [2.45, 2.75) is 46.3 Å². The van der Waals surface area contributed by atoms with E-state index in [-0.39, 0.29) is 0 Å². The number of ether oxygens (including phenoxy) is 3. The van der Waals surface area contributed by atoms with E-state index in [1.807, 2.05) is 13.8 Å². The summed E-state index contributed by atoms with van der Waals surface area (Å²) in [5.74, 6) is -2.64. The molecule has 4 atom stereocenters. The molecule has 0 fully saturated rings. The van der Waals surface area contributed by atoms with Crippen molar-refractivity contribution in [1.29, 1.82) is 0 Å². The number of methoxy groups -OCH3 is 3. The Kier molecular flexibility index (Phi) is 14.7. The zero-order valence-electron chi connectivity index (χ0n) is 15.6. The number of hydrogen-bond donors (Lipinski definition) is 2. The molecule has 1 N–H and O–H groups in total. The predicted molar refractivity (Wildman–Crippen MR) is 94.9 cm³/mol. The third-order valence-electron chi connectivity index (χ3n) is 3.52. The van der Waals surface area contributed by atoms with Gasteiger partial charge in [-0.2, -0.15) is 12.6 Å². The van der Waals surface area contributed by atoms with Gasteiger partial charge in [0.2, 0.25) is 5.91 Å². The van der Waals surface area contributed by atoms with Crippen molar-refractivity contribution >= 4 is 30.5 Å². The Morgan fingerprint density at radius 1 is 1.00 bits per heavy atom. The molecular formula is C16H31NO6S. The fourth-order valence-electron chi connectivity index (χ4n) is 2.07. The molecule has 0 aliphatic rings. The SMILES string of the molecule is CC.COC(=O)C(CCS)NC(=O)C(C)C(C(=O)OC)C(C)OC. The van der Waals surface area contributed by atoms with Crippen LogP contribution in [0.2, 0.25) is 0 Å². The Balaban J connectivity index is 0. The summed E-state index contributed by atoms with van der Waals surface area (Å²) in [4.78, 5) is 35.8. The topological polar surface area (TPSA) is 90.9 Å². The lowest BCUT2D eigenvalue weighted by Crippen LogP contribution is -2.48. The van der Waals surface area contributed by atoms with Gasteiger partial charge in [0.25, 0.3) is 0 Å². The largest absolute Gasteiger partial charge is 0.469 e. The van der Waals surface area contributed by atoms with Crippen LogP contribution in [0.15, 0.2) is 0 Å². The highest BCUT2D eigenvalue weighted by Crippen LogP contribution is 2.20. The molecule has 0 aromatic rings. The molecule has 0 aromatic heterocycles. The zero-order chi connectivity index (χ0) is 19.3. The summed E-state index contributed by atoms with van der Waals surface area (Å²) in [6.45, 7) is 7.26. The molecule has 0 rings (SSSR count). The van der Waals surface area contributed by atoms with Gasteiger partial charge in [0.1, 0.15) is 6.04 Å². The van der Waals surface area contributed by atoms with E-state index in [1.165, 1.54) is 21.3 Å². The van der Waals surface area contributed by atoms with Gasteiger partial charge in [-0.3, -0.25) is 9.59 Å². The first-order chi connectivity index (χ1) is 11.3. The van der Waals surface area contributed by atoms with Crippen LogP contribution >= 0.6 is 12.6 Å². The van der Waals surface area contributed by atoms with Crippen molar-refractivity contribution in [2.75, 3.05) is 27.1 Å². The highest BCUT2D eigenvalue weighted by atomic mass is 32.1. The van der Waals surface area contributed by atoms with Gasteiger partial charge in [0.15, 0.2) is 0 Å². The number of rotatable bonds is 9. The van der Waals surface area contributed by atoms with Gasteiger partial charge in [-0.15, -0.1) is 0 Å². The molecule has 142 valence electrons. The summed E-state index contributed by atoms with van der Waals surface area (Å²) >= 11 is 4.05. The molecule has 0 aromatic carbocycles. The molecule has 0 aliphatic carbocycles. The molecule has 0 aliphatic heterocycles. The van der Waals surface area contributed by atoms with E-state index >= 15 is 0 Å². The lowest BCUT2D eigenvalue weighted by atomic mass is 9.88. The molecule has 0 heterocycles. The molecule has 0 saturated carbocycles. The number of amides is 1. The highest BCUT2D eigenvalue weighted by Gasteiger charge is 2.37. The van der Waals surface area contributed by atoms with Crippen LogP contribution in [-0.2, 0) is 28.6 Å². The smallest absolute Gasteiger partial charge is 0.328 e. The molecule has 0 bridgehead atoms. The number of nitrogens with one attached hydrogen (secondary N) is 1. The maximum atomic E-state index is 12.3. The molecule has 0 saturated heterocycles. The summed E-state index contributed by atoms with van der Waals surface area (Å²) in [5, 5.41) is 2.58. The molecule has 1 amide bonds. The van der Waals surface area contributed by atoms with Crippen LogP contribution in [0.3, 0.4) is 0 Å². The quantitative estimate of drug-likeness (QED) is 0.475. The van der Waals surface area contributed by atoms with E-state index in [2.05, 4.69) is 22.7 Å². The second-order valence-corrected chi connectivity index (χ2v) is 5.32. The van der Waals surface area contributed by atoms with Gasteiger partial charge in [-0.05, 0) is 19.1 Å². The molecule has 7 nitrogen and oxygen atoms in total. The van der Waals surface area contributed by atoms with Crippen LogP contribution in [0, 0.1) is 11.8 Å². The Morgan fingerprint density at radius 3 is 1.88 bits per heavy atom. The normalized spacial score (nSPS) is 15.0. The Labute approximate surface area is 150 Å². The van der Waals surface area contributed by atoms with Crippen LogP contribution in [0.25, 0.3) is 0 Å². The highest BCUT2D eigenvalue weighted by molar-refractivity contribution is 7.80. The van der Waals surface area contributed by atoms with Crippen molar-refractivity contribution in [1.82, 2.24) is 5.32 Å². The minimum Gasteiger partial charge on any atom is -0.469 e. The summed E-state index contributed by atoms with van der Waals surface area (Å²) in [6, 6.07) is -0.798. The molecule has 0 spiro atoms. The van der Waals surface area contributed by atoms with Crippen molar-refractivity contribution in [2.24, 2.45) is 11.8 Å². The Hall–Kier alpha value is -1.28. The molecule has 8 heteroatoms. The van der Waals surface area contributed by atoms with Crippen molar-refractivity contribution in [3.63, 3.8) is 0 Å². The van der Waals surface area contributed by atoms with Gasteiger partial charge in [0.05, 0.1) is 32.2 Å². The summed E-state index contributed by atoms with van der Waals surface area (Å²) in [5.41, 5.74) is 0. The molecular weight excluding hydrogens is 334 g/mol. The Bertz CT molecular complexity index is 391. The van der Waals surface area contributed by atoms with E-state index in [4.69, 9.17) is 9.47 Å². The van der Waals surface area contributed by atoms with E-state index in [0.717, 1.165) is 0 Å². The van der Waals surface area contributed by atoms with E-state index in [1.54, 1.807) is 13.8 Å². The van der Waals surface area contributed by atoms with Gasteiger partial charge in [-0.25, -0.2) is 4.79 Å². The van der Waals surface area contributed by atoms with Crippen LogP contribution in [0.1, 0.15) is 34.1 Å². The predicted octanol–water partition coefficient (Wildman–Crippen LogP) is 1.45. The maximum Gasteiger partial charge on any atom is 0.328 e. The van der Waals surface area contributed by atoms with Crippen molar-refractivity contribution < 1.29 is 28.6 Å². The first-order valence-electron chi connectivity index (χ1n) is 7.93. The van der Waals surface area contributed by atoms with Gasteiger partial charge >= 0.3 is 11.9 Å². The monoisotopic (exact) mass is 365 g/mol. The number of thiol groups is 1. The second-order valence-electron chi connectivity index (χ2n) is 4.88. The number of esters is 2. The van der Waals surface area contributed by atoms with Crippen LogP contribution in [-0.4, -0.2) is 57.1 Å². The minimum atomic E-state index is -0.798. The third kappa shape index (κ3) is 8.01. The first-order valence-corrected chi connectivity index (χ1v) is 8.56. The number of hydrogen-bond acceptors (Lipinski definition) is 7. The number of carbonyl (C=O) groups excluding carboxylic acids is 3. The van der Waals surface area contributed by atoms with Gasteiger partial charge in [-0.1, -0.05) is 20.8 Å². The summed E-state index contributed by atoms with van der Waals surface area (Å²) in [7, 11) is 3.94. The Morgan fingerprint density at radius 2 is 1.50 bits per heavy atom. The van der Waals surface area contributed by atoms with Gasteiger partial charge in [0, 0.05) is 7.11 Å². The standard InChI is InChI=1S/C14H25NO6S.C2H6/c1-8(11(9(2)19-3)14(18)21-5)12(16)15-10(6-7-22)13(17)20-4;1-2/h8-11,22H,6-7H2,1-5H3,(H,15,16);1-2H3. The second kappa shape index (κ2) is 14.1. The van der Waals surface area contributed by atoms with Crippen LogP contribution in [0.4, 0.5) is 0 Å². The minimum absolute atomic E-state index is 0.330. The summed E-state index contributed by atoms with van der Waals surface area (Å²) in [6.07, 6.45) is -0.175. The van der Waals surface area contributed by atoms with Crippen LogP contribution < -0.4 is 5.32 Å². The number of carbonyl (C=O) groups is 3. The zero-order valence-corrected chi connectivity index (χ0v) is 16.5. The lowest BCUT2D eigenvalue weighted by molar-refractivity contribution is -0.156. The first kappa shape index (κ1) is 25.0. The molecule has 24 heavy (non-hydrogen) atoms. The van der Waals surface area contributed by atoms with Gasteiger partial charge < -0.3 is 19.5 Å². The average Bonchev–Trinajstić information content (AvgIpc) is 2.61. The summed E-state index contributed by atoms with van der Waals surface area (Å²) < 4.78 is 14.5. The van der Waals surface area contributed by atoms with E-state index < -0.39 is 41.8 Å². The fraction of sp³-hybridized carbons (Fsp3) is 0.812. The van der Waals surface area contributed by atoms with E-state index in [0.29, 0.717) is 12.2 Å². The third-order valence-corrected chi connectivity index (χ3v) is 3.78. The molecule has 0 radical (unpaired) electrons. The van der Waals surface area contributed by atoms with Crippen molar-refractivity contribution in [3.05, 3.63) is 0 Å².